The van der Waals surface area contributed by atoms with Crippen molar-refractivity contribution in [3.05, 3.63) is 63.1 Å². The summed E-state index contributed by atoms with van der Waals surface area (Å²) in [6.07, 6.45) is -0.968. The van der Waals surface area contributed by atoms with E-state index in [1.807, 2.05) is 19.9 Å². The molecule has 0 aliphatic heterocycles. The van der Waals surface area contributed by atoms with Gasteiger partial charge < -0.3 is 10.1 Å². The number of ether oxygens (including phenoxy) is 1. The zero-order valence-electron chi connectivity index (χ0n) is 13.5. The van der Waals surface area contributed by atoms with Gasteiger partial charge in [-0.3, -0.25) is 4.79 Å². The molecule has 0 fully saturated rings. The summed E-state index contributed by atoms with van der Waals surface area (Å²) in [5.74, 6) is -1.02. The van der Waals surface area contributed by atoms with Crippen molar-refractivity contribution < 1.29 is 14.3 Å². The Morgan fingerprint density at radius 1 is 1.04 bits per heavy atom. The molecule has 6 heteroatoms. The lowest BCUT2D eigenvalue weighted by Crippen LogP contribution is -2.30. The average molecular weight is 366 g/mol. The maximum absolute atomic E-state index is 12.2. The molecule has 2 rings (SSSR count). The normalized spacial score (nSPS) is 11.7. The minimum atomic E-state index is -0.968. The first kappa shape index (κ1) is 18.3. The highest BCUT2D eigenvalue weighted by atomic mass is 35.5. The molecule has 0 radical (unpaired) electrons. The molecule has 0 aliphatic carbocycles. The first-order chi connectivity index (χ1) is 11.3. The summed E-state index contributed by atoms with van der Waals surface area (Å²) in [7, 11) is 0. The van der Waals surface area contributed by atoms with Crippen LogP contribution in [0, 0.1) is 13.8 Å². The fraction of sp³-hybridized carbons (Fsp3) is 0.222. The lowest BCUT2D eigenvalue weighted by Gasteiger charge is -2.15. The summed E-state index contributed by atoms with van der Waals surface area (Å²) in [4.78, 5) is 24.4. The third-order valence-electron chi connectivity index (χ3n) is 3.30. The Kier molecular flexibility index (Phi) is 5.86. The molecule has 0 unspecified atom stereocenters. The van der Waals surface area contributed by atoms with Gasteiger partial charge in [-0.05, 0) is 51.1 Å². The molecule has 126 valence electrons. The van der Waals surface area contributed by atoms with E-state index in [0.717, 1.165) is 11.1 Å². The first-order valence-electron chi connectivity index (χ1n) is 7.31. The number of anilines is 1. The van der Waals surface area contributed by atoms with Crippen molar-refractivity contribution in [3.8, 4) is 0 Å². The summed E-state index contributed by atoms with van der Waals surface area (Å²) in [6, 6.07) is 10.1. The molecule has 1 atom stereocenters. The number of carbonyl (C=O) groups excluding carboxylic acids is 2. The van der Waals surface area contributed by atoms with Crippen molar-refractivity contribution in [2.24, 2.45) is 0 Å². The van der Waals surface area contributed by atoms with Crippen LogP contribution in [0.15, 0.2) is 36.4 Å². The summed E-state index contributed by atoms with van der Waals surface area (Å²) in [5.41, 5.74) is 2.72. The van der Waals surface area contributed by atoms with Crippen LogP contribution in [-0.2, 0) is 9.53 Å². The standard InChI is InChI=1S/C18H17Cl2NO3/c1-10-6-11(2)8-13(7-10)18(23)24-12(3)17(22)21-16-5-4-14(19)9-15(16)20/h4-9,12H,1-3H3,(H,21,22)/t12-/m1/s1. The van der Waals surface area contributed by atoms with Gasteiger partial charge in [-0.2, -0.15) is 0 Å². The van der Waals surface area contributed by atoms with Crippen LogP contribution in [-0.4, -0.2) is 18.0 Å². The fourth-order valence-corrected chi connectivity index (χ4v) is 2.66. The molecule has 0 bridgehead atoms. The van der Waals surface area contributed by atoms with E-state index in [-0.39, 0.29) is 0 Å². The molecule has 0 aromatic heterocycles. The number of hydrogen-bond acceptors (Lipinski definition) is 3. The SMILES string of the molecule is Cc1cc(C)cc(C(=O)O[C@H](C)C(=O)Nc2ccc(Cl)cc2Cl)c1. The monoisotopic (exact) mass is 365 g/mol. The molecule has 0 aliphatic rings. The largest absolute Gasteiger partial charge is 0.449 e. The number of halogens is 2. The number of amides is 1. The number of rotatable bonds is 4. The highest BCUT2D eigenvalue weighted by Gasteiger charge is 2.20. The summed E-state index contributed by atoms with van der Waals surface area (Å²) in [5, 5.41) is 3.38. The van der Waals surface area contributed by atoms with Gasteiger partial charge in [-0.25, -0.2) is 4.79 Å². The van der Waals surface area contributed by atoms with Gasteiger partial charge in [0.25, 0.3) is 5.91 Å². The predicted octanol–water partition coefficient (Wildman–Crippen LogP) is 4.79. The maximum Gasteiger partial charge on any atom is 0.338 e. The highest BCUT2D eigenvalue weighted by molar-refractivity contribution is 6.36. The van der Waals surface area contributed by atoms with Gasteiger partial charge in [-0.15, -0.1) is 0 Å². The van der Waals surface area contributed by atoms with Crippen LogP contribution in [0.25, 0.3) is 0 Å². The van der Waals surface area contributed by atoms with Gasteiger partial charge >= 0.3 is 5.97 Å². The smallest absolute Gasteiger partial charge is 0.338 e. The van der Waals surface area contributed by atoms with Crippen LogP contribution in [0.4, 0.5) is 5.69 Å². The second-order valence-electron chi connectivity index (χ2n) is 5.54. The van der Waals surface area contributed by atoms with Crippen molar-refractivity contribution in [3.63, 3.8) is 0 Å². The molecular weight excluding hydrogens is 349 g/mol. The number of nitrogens with one attached hydrogen (secondary N) is 1. The van der Waals surface area contributed by atoms with Crippen molar-refractivity contribution >= 4 is 40.8 Å². The number of benzene rings is 2. The summed E-state index contributed by atoms with van der Waals surface area (Å²) in [6.45, 7) is 5.28. The van der Waals surface area contributed by atoms with E-state index < -0.39 is 18.0 Å². The number of aryl methyl sites for hydroxylation is 2. The van der Waals surface area contributed by atoms with E-state index in [1.165, 1.54) is 13.0 Å². The maximum atomic E-state index is 12.2. The fourth-order valence-electron chi connectivity index (χ4n) is 2.20. The van der Waals surface area contributed by atoms with E-state index in [9.17, 15) is 9.59 Å². The lowest BCUT2D eigenvalue weighted by atomic mass is 10.1. The van der Waals surface area contributed by atoms with Crippen LogP contribution < -0.4 is 5.32 Å². The van der Waals surface area contributed by atoms with Crippen molar-refractivity contribution in [1.29, 1.82) is 0 Å². The Morgan fingerprint density at radius 2 is 1.67 bits per heavy atom. The Labute approximate surface area is 150 Å². The topological polar surface area (TPSA) is 55.4 Å². The second-order valence-corrected chi connectivity index (χ2v) is 6.38. The van der Waals surface area contributed by atoms with E-state index in [0.29, 0.717) is 21.3 Å². The third-order valence-corrected chi connectivity index (χ3v) is 3.85. The molecule has 24 heavy (non-hydrogen) atoms. The highest BCUT2D eigenvalue weighted by Crippen LogP contribution is 2.25. The molecule has 0 spiro atoms. The second kappa shape index (κ2) is 7.69. The zero-order valence-corrected chi connectivity index (χ0v) is 15.0. The van der Waals surface area contributed by atoms with Gasteiger partial charge in [0, 0.05) is 5.02 Å². The third kappa shape index (κ3) is 4.73. The van der Waals surface area contributed by atoms with Gasteiger partial charge in [0.15, 0.2) is 6.10 Å². The quantitative estimate of drug-likeness (QED) is 0.792. The number of hydrogen-bond donors (Lipinski definition) is 1. The van der Waals surface area contributed by atoms with E-state index in [1.54, 1.807) is 24.3 Å². The van der Waals surface area contributed by atoms with E-state index >= 15 is 0 Å². The molecule has 1 amide bonds. The predicted molar refractivity (Wildman–Crippen MR) is 95.9 cm³/mol. The zero-order chi connectivity index (χ0) is 17.9. The van der Waals surface area contributed by atoms with Crippen LogP contribution >= 0.6 is 23.2 Å². The van der Waals surface area contributed by atoms with E-state index in [2.05, 4.69) is 5.32 Å². The van der Waals surface area contributed by atoms with Crippen molar-refractivity contribution in [2.75, 3.05) is 5.32 Å². The van der Waals surface area contributed by atoms with Gasteiger partial charge in [0.2, 0.25) is 0 Å². The van der Waals surface area contributed by atoms with Crippen LogP contribution in [0.2, 0.25) is 10.0 Å². The number of esters is 1. The first-order valence-corrected chi connectivity index (χ1v) is 8.07. The van der Waals surface area contributed by atoms with Crippen molar-refractivity contribution in [2.45, 2.75) is 26.9 Å². The van der Waals surface area contributed by atoms with Gasteiger partial charge in [0.1, 0.15) is 0 Å². The average Bonchev–Trinajstić information content (AvgIpc) is 2.48. The Balaban J connectivity index is 2.04. The van der Waals surface area contributed by atoms with Crippen molar-refractivity contribution in [1.82, 2.24) is 0 Å². The minimum absolute atomic E-state index is 0.309. The molecule has 4 nitrogen and oxygen atoms in total. The Morgan fingerprint density at radius 3 is 2.25 bits per heavy atom. The van der Waals surface area contributed by atoms with Crippen LogP contribution in [0.5, 0.6) is 0 Å². The Bertz CT molecular complexity index is 770. The molecule has 0 saturated heterocycles. The number of carbonyl (C=O) groups is 2. The van der Waals surface area contributed by atoms with Crippen LogP contribution in [0.3, 0.4) is 0 Å². The van der Waals surface area contributed by atoms with Gasteiger partial charge in [-0.1, -0.05) is 40.4 Å². The molecular formula is C18H17Cl2NO3. The summed E-state index contributed by atoms with van der Waals surface area (Å²) >= 11 is 11.8. The molecule has 0 saturated carbocycles. The van der Waals surface area contributed by atoms with Gasteiger partial charge in [0.05, 0.1) is 16.3 Å². The lowest BCUT2D eigenvalue weighted by molar-refractivity contribution is -0.123. The molecule has 2 aromatic carbocycles. The van der Waals surface area contributed by atoms with E-state index in [4.69, 9.17) is 27.9 Å². The summed E-state index contributed by atoms with van der Waals surface area (Å²) < 4.78 is 5.22. The minimum Gasteiger partial charge on any atom is -0.449 e. The molecule has 0 heterocycles. The Hall–Kier alpha value is -2.04. The molecule has 2 aromatic rings. The van der Waals surface area contributed by atoms with Crippen LogP contribution in [0.1, 0.15) is 28.4 Å². The molecule has 1 N–H and O–H groups in total.